The maximum atomic E-state index is 6.98. The minimum Gasteiger partial charge on any atom is -0.370 e. The quantitative estimate of drug-likeness (QED) is 0.224. The van der Waals surface area contributed by atoms with Gasteiger partial charge in [-0.3, -0.25) is 4.98 Å². The van der Waals surface area contributed by atoms with Gasteiger partial charge in [0.25, 0.3) is 0 Å². The van der Waals surface area contributed by atoms with Gasteiger partial charge in [0.2, 0.25) is 0 Å². The molecule has 0 unspecified atom stereocenters. The Hall–Kier alpha value is -2.87. The lowest BCUT2D eigenvalue weighted by atomic mass is 9.96. The molecule has 0 bridgehead atoms. The minimum atomic E-state index is -0.121. The first-order valence-electron chi connectivity index (χ1n) is 13.8. The van der Waals surface area contributed by atoms with Gasteiger partial charge in [0.05, 0.1) is 34.2 Å². The summed E-state index contributed by atoms with van der Waals surface area (Å²) in [7, 11) is 0. The summed E-state index contributed by atoms with van der Waals surface area (Å²) in [5.41, 5.74) is 7.66. The fraction of sp³-hybridized carbons (Fsp3) is 0.312. The molecule has 40 heavy (non-hydrogen) atoms. The van der Waals surface area contributed by atoms with Gasteiger partial charge in [0, 0.05) is 40.8 Å². The van der Waals surface area contributed by atoms with Crippen molar-refractivity contribution in [3.8, 4) is 5.69 Å². The summed E-state index contributed by atoms with van der Waals surface area (Å²) in [5.74, 6) is 0.766. The highest BCUT2D eigenvalue weighted by Gasteiger charge is 2.42. The van der Waals surface area contributed by atoms with Crippen LogP contribution in [0.25, 0.3) is 5.69 Å². The second kappa shape index (κ2) is 11.2. The van der Waals surface area contributed by atoms with E-state index < -0.39 is 0 Å². The number of nitrogens with zero attached hydrogens (tertiary/aromatic N) is 4. The second-order valence-corrected chi connectivity index (χ2v) is 12.6. The highest BCUT2D eigenvalue weighted by molar-refractivity contribution is 9.10. The summed E-state index contributed by atoms with van der Waals surface area (Å²) in [6.07, 6.45) is 4.23. The van der Waals surface area contributed by atoms with Crippen molar-refractivity contribution < 1.29 is 0 Å². The van der Waals surface area contributed by atoms with Gasteiger partial charge in [-0.15, -0.1) is 0 Å². The maximum absolute atomic E-state index is 6.98. The van der Waals surface area contributed by atoms with Crippen LogP contribution in [0.1, 0.15) is 54.5 Å². The fourth-order valence-electron chi connectivity index (χ4n) is 6.19. The molecule has 0 saturated carbocycles. The van der Waals surface area contributed by atoms with Crippen LogP contribution < -0.4 is 15.1 Å². The zero-order valence-electron chi connectivity index (χ0n) is 22.9. The number of rotatable bonds is 5. The number of aromatic nitrogens is 2. The lowest BCUT2D eigenvalue weighted by Crippen LogP contribution is -2.33. The molecule has 2 aromatic heterocycles. The van der Waals surface area contributed by atoms with Gasteiger partial charge in [-0.05, 0) is 115 Å². The lowest BCUT2D eigenvalue weighted by molar-refractivity contribution is 0.438. The van der Waals surface area contributed by atoms with Crippen LogP contribution in [0.5, 0.6) is 0 Å². The van der Waals surface area contributed by atoms with E-state index in [1.165, 1.54) is 18.4 Å². The topological polar surface area (TPSA) is 36.3 Å². The van der Waals surface area contributed by atoms with Gasteiger partial charge in [-0.25, -0.2) is 0 Å². The van der Waals surface area contributed by atoms with Crippen LogP contribution in [-0.4, -0.2) is 27.8 Å². The Kier molecular flexibility index (Phi) is 7.64. The van der Waals surface area contributed by atoms with E-state index in [0.29, 0.717) is 5.11 Å². The van der Waals surface area contributed by atoms with Crippen LogP contribution in [0.4, 0.5) is 11.4 Å². The van der Waals surface area contributed by atoms with Crippen molar-refractivity contribution in [2.45, 2.75) is 45.7 Å². The van der Waals surface area contributed by atoms with E-state index in [9.17, 15) is 0 Å². The van der Waals surface area contributed by atoms with E-state index in [4.69, 9.17) is 28.8 Å². The summed E-state index contributed by atoms with van der Waals surface area (Å²) in [6, 6.07) is 22.8. The molecule has 0 radical (unpaired) electrons. The van der Waals surface area contributed by atoms with Crippen LogP contribution in [0.2, 0.25) is 5.02 Å². The molecular formula is C32H33BrClN5S. The van der Waals surface area contributed by atoms with Crippen LogP contribution in [0.15, 0.2) is 77.4 Å². The summed E-state index contributed by atoms with van der Waals surface area (Å²) < 4.78 is 3.36. The minimum absolute atomic E-state index is 0.109. The Balaban J connectivity index is 1.45. The first kappa shape index (κ1) is 27.3. The molecule has 2 aliphatic rings. The molecule has 4 aromatic rings. The van der Waals surface area contributed by atoms with E-state index in [0.717, 1.165) is 62.6 Å². The Morgan fingerprint density at radius 1 is 0.975 bits per heavy atom. The van der Waals surface area contributed by atoms with Crippen LogP contribution in [-0.2, 0) is 0 Å². The van der Waals surface area contributed by atoms with E-state index in [1.54, 1.807) is 0 Å². The molecule has 2 fully saturated rings. The molecule has 2 aliphatic heterocycles. The number of piperidine rings is 1. The van der Waals surface area contributed by atoms with Crippen molar-refractivity contribution in [3.05, 3.63) is 105 Å². The third kappa shape index (κ3) is 4.93. The van der Waals surface area contributed by atoms with Crippen molar-refractivity contribution in [1.29, 1.82) is 0 Å². The molecule has 8 heteroatoms. The predicted octanol–water partition coefficient (Wildman–Crippen LogP) is 8.32. The third-order valence-electron chi connectivity index (χ3n) is 8.31. The molecule has 2 atom stereocenters. The Morgan fingerprint density at radius 2 is 1.73 bits per heavy atom. The molecule has 1 N–H and O–H groups in total. The number of para-hydroxylation sites is 1. The zero-order valence-corrected chi connectivity index (χ0v) is 26.1. The first-order chi connectivity index (χ1) is 19.3. The number of hydrogen-bond acceptors (Lipinski definition) is 3. The zero-order chi connectivity index (χ0) is 28.0. The number of nitrogens with one attached hydrogen (secondary N) is 1. The van der Waals surface area contributed by atoms with Crippen molar-refractivity contribution in [2.75, 3.05) is 22.9 Å². The second-order valence-electron chi connectivity index (χ2n) is 10.9. The molecular weight excluding hydrogens is 602 g/mol. The summed E-state index contributed by atoms with van der Waals surface area (Å²) in [5, 5.41) is 5.03. The average Bonchev–Trinajstić information content (AvgIpc) is 3.45. The van der Waals surface area contributed by atoms with E-state index in [2.05, 4.69) is 105 Å². The molecule has 6 rings (SSSR count). The average molecular weight is 635 g/mol. The van der Waals surface area contributed by atoms with Gasteiger partial charge < -0.3 is 19.7 Å². The van der Waals surface area contributed by atoms with Gasteiger partial charge in [0.1, 0.15) is 0 Å². The number of hydrogen-bond donors (Lipinski definition) is 1. The van der Waals surface area contributed by atoms with E-state index in [-0.39, 0.29) is 12.1 Å². The standard InChI is InChI=1S/C32H33BrClN5S/c1-20-13-16-37(17-14-20)29-12-11-23(19-26(29)34)39-31(30(36-32(39)40)27-9-6-7-15-35-27)24-18-21(2)38(22(24)3)28-10-5-4-8-25(28)33/h4-12,15,18-20,30-31H,13-14,16-17H2,1-3H3,(H,36,40)/t30-,31-/m1/s1. The highest BCUT2D eigenvalue weighted by Crippen LogP contribution is 2.45. The van der Waals surface area contributed by atoms with Gasteiger partial charge >= 0.3 is 0 Å². The third-order valence-corrected chi connectivity index (χ3v) is 9.60. The molecule has 0 aliphatic carbocycles. The van der Waals surface area contributed by atoms with E-state index in [1.807, 2.05) is 24.4 Å². The van der Waals surface area contributed by atoms with Crippen molar-refractivity contribution in [1.82, 2.24) is 14.9 Å². The summed E-state index contributed by atoms with van der Waals surface area (Å²) >= 11 is 16.7. The van der Waals surface area contributed by atoms with Crippen molar-refractivity contribution >= 4 is 56.2 Å². The SMILES string of the molecule is Cc1cc([C@@H]2[C@@H](c3ccccn3)NC(=S)N2c2ccc(N3CCC(C)CC3)c(Cl)c2)c(C)n1-c1ccccc1Br. The molecule has 0 spiro atoms. The fourth-order valence-corrected chi connectivity index (χ4v) is 7.29. The van der Waals surface area contributed by atoms with Crippen LogP contribution >= 0.6 is 39.7 Å². The van der Waals surface area contributed by atoms with Crippen LogP contribution in [0.3, 0.4) is 0 Å². The highest BCUT2D eigenvalue weighted by atomic mass is 79.9. The Labute approximate surface area is 255 Å². The summed E-state index contributed by atoms with van der Waals surface area (Å²) in [4.78, 5) is 9.36. The van der Waals surface area contributed by atoms with Gasteiger partial charge in [0.15, 0.2) is 5.11 Å². The van der Waals surface area contributed by atoms with Gasteiger partial charge in [-0.1, -0.05) is 36.7 Å². The van der Waals surface area contributed by atoms with Crippen molar-refractivity contribution in [3.63, 3.8) is 0 Å². The number of benzene rings is 2. The number of thiocarbonyl (C=S) groups is 1. The lowest BCUT2D eigenvalue weighted by Gasteiger charge is -2.33. The molecule has 206 valence electrons. The first-order valence-corrected chi connectivity index (χ1v) is 15.4. The Morgan fingerprint density at radius 3 is 2.42 bits per heavy atom. The molecule has 5 nitrogen and oxygen atoms in total. The van der Waals surface area contributed by atoms with Gasteiger partial charge in [-0.2, -0.15) is 0 Å². The summed E-state index contributed by atoms with van der Waals surface area (Å²) in [6.45, 7) is 8.74. The molecule has 4 heterocycles. The largest absolute Gasteiger partial charge is 0.370 e. The number of aryl methyl sites for hydroxylation is 1. The molecule has 2 saturated heterocycles. The van der Waals surface area contributed by atoms with E-state index >= 15 is 0 Å². The smallest absolute Gasteiger partial charge is 0.174 e. The molecule has 2 aromatic carbocycles. The monoisotopic (exact) mass is 633 g/mol. The molecule has 0 amide bonds. The Bertz CT molecular complexity index is 1550. The van der Waals surface area contributed by atoms with Crippen LogP contribution in [0, 0.1) is 19.8 Å². The van der Waals surface area contributed by atoms with Crippen molar-refractivity contribution in [2.24, 2.45) is 5.92 Å². The normalized spacial score (nSPS) is 19.8. The number of pyridine rings is 1. The number of halogens is 2. The maximum Gasteiger partial charge on any atom is 0.174 e. The predicted molar refractivity (Wildman–Crippen MR) is 173 cm³/mol. The number of anilines is 2.